The molecule has 0 atom stereocenters. The minimum Gasteiger partial charge on any atom is -0.496 e. The fraction of sp³-hybridized carbons (Fsp3) is 0.364. The number of benzene rings is 2. The van der Waals surface area contributed by atoms with E-state index in [-0.39, 0.29) is 5.91 Å². The summed E-state index contributed by atoms with van der Waals surface area (Å²) in [5, 5.41) is 1.22. The Balaban J connectivity index is 1.37. The van der Waals surface area contributed by atoms with Gasteiger partial charge in [0.15, 0.2) is 0 Å². The average Bonchev–Trinajstić information content (AvgIpc) is 3.12. The van der Waals surface area contributed by atoms with Gasteiger partial charge in [0, 0.05) is 19.0 Å². The largest absolute Gasteiger partial charge is 0.496 e. The van der Waals surface area contributed by atoms with Crippen molar-refractivity contribution in [3.63, 3.8) is 0 Å². The summed E-state index contributed by atoms with van der Waals surface area (Å²) in [6.45, 7) is 3.64. The first-order valence-corrected chi connectivity index (χ1v) is 10.2. The number of methoxy groups -OCH3 is 1. The molecule has 2 aromatic carbocycles. The van der Waals surface area contributed by atoms with Crippen molar-refractivity contribution in [1.29, 1.82) is 0 Å². The monoisotopic (exact) mass is 380 g/mol. The summed E-state index contributed by atoms with van der Waals surface area (Å²) in [6.07, 6.45) is 2.44. The van der Waals surface area contributed by atoms with Crippen LogP contribution in [0.5, 0.6) is 5.75 Å². The lowest BCUT2D eigenvalue weighted by atomic mass is 9.97. The molecular formula is C22H24N2O2S. The fourth-order valence-electron chi connectivity index (χ4n) is 3.78. The summed E-state index contributed by atoms with van der Waals surface area (Å²) in [7, 11) is 1.67. The van der Waals surface area contributed by atoms with Gasteiger partial charge in [0.1, 0.15) is 5.75 Å². The Morgan fingerprint density at radius 3 is 2.70 bits per heavy atom. The summed E-state index contributed by atoms with van der Waals surface area (Å²) in [5.41, 5.74) is 3.20. The van der Waals surface area contributed by atoms with E-state index < -0.39 is 0 Å². The van der Waals surface area contributed by atoms with E-state index >= 15 is 0 Å². The molecule has 3 aromatic rings. The number of para-hydroxylation sites is 1. The number of fused-ring (bicyclic) bond motifs is 1. The molecule has 140 valence electrons. The molecule has 0 unspecified atom stereocenters. The number of nitrogens with zero attached hydrogens (tertiary/aromatic N) is 2. The van der Waals surface area contributed by atoms with Crippen LogP contribution in [0.3, 0.4) is 0 Å². The smallest absolute Gasteiger partial charge is 0.226 e. The number of carbonyl (C=O) groups excluding carboxylic acids is 1. The van der Waals surface area contributed by atoms with Crippen LogP contribution in [0.4, 0.5) is 0 Å². The quantitative estimate of drug-likeness (QED) is 0.666. The molecule has 0 spiro atoms. The molecule has 1 saturated heterocycles. The van der Waals surface area contributed by atoms with Crippen molar-refractivity contribution in [2.75, 3.05) is 20.2 Å². The van der Waals surface area contributed by atoms with Crippen molar-refractivity contribution >= 4 is 27.5 Å². The Bertz CT molecular complexity index is 925. The number of aromatic nitrogens is 1. The number of hydrogen-bond acceptors (Lipinski definition) is 4. The third-order valence-electron chi connectivity index (χ3n) is 5.32. The molecule has 1 fully saturated rings. The molecule has 27 heavy (non-hydrogen) atoms. The van der Waals surface area contributed by atoms with Gasteiger partial charge in [-0.25, -0.2) is 4.98 Å². The zero-order chi connectivity index (χ0) is 18.8. The van der Waals surface area contributed by atoms with E-state index in [1.165, 1.54) is 9.71 Å². The van der Waals surface area contributed by atoms with Gasteiger partial charge in [0.05, 0.1) is 28.8 Å². The van der Waals surface area contributed by atoms with Crippen LogP contribution in [0.2, 0.25) is 0 Å². The second-order valence-electron chi connectivity index (χ2n) is 7.16. The Labute approximate surface area is 163 Å². The van der Waals surface area contributed by atoms with Crippen molar-refractivity contribution in [3.05, 3.63) is 58.6 Å². The number of hydrogen-bond donors (Lipinski definition) is 0. The minimum atomic E-state index is 0.210. The summed E-state index contributed by atoms with van der Waals surface area (Å²) < 4.78 is 6.55. The first-order chi connectivity index (χ1) is 13.1. The van der Waals surface area contributed by atoms with Crippen molar-refractivity contribution < 1.29 is 9.53 Å². The van der Waals surface area contributed by atoms with Crippen LogP contribution in [-0.2, 0) is 11.2 Å². The van der Waals surface area contributed by atoms with Gasteiger partial charge in [-0.1, -0.05) is 24.3 Å². The lowest BCUT2D eigenvalue weighted by Gasteiger charge is -2.31. The predicted molar refractivity (Wildman–Crippen MR) is 110 cm³/mol. The van der Waals surface area contributed by atoms with E-state index in [9.17, 15) is 4.79 Å². The van der Waals surface area contributed by atoms with E-state index in [0.717, 1.165) is 48.3 Å². The van der Waals surface area contributed by atoms with Crippen LogP contribution in [0.15, 0.2) is 42.5 Å². The van der Waals surface area contributed by atoms with Crippen LogP contribution in [0, 0.1) is 6.92 Å². The first kappa shape index (κ1) is 18.0. The van der Waals surface area contributed by atoms with Gasteiger partial charge in [-0.05, 0) is 49.1 Å². The zero-order valence-electron chi connectivity index (χ0n) is 15.8. The van der Waals surface area contributed by atoms with E-state index in [2.05, 4.69) is 18.2 Å². The number of rotatable bonds is 4. The van der Waals surface area contributed by atoms with Gasteiger partial charge in [0.25, 0.3) is 0 Å². The lowest BCUT2D eigenvalue weighted by molar-refractivity contribution is -0.131. The van der Waals surface area contributed by atoms with E-state index in [1.807, 2.05) is 36.1 Å². The van der Waals surface area contributed by atoms with Gasteiger partial charge in [-0.15, -0.1) is 11.3 Å². The van der Waals surface area contributed by atoms with Crippen LogP contribution >= 0.6 is 11.3 Å². The first-order valence-electron chi connectivity index (χ1n) is 9.41. The predicted octanol–water partition coefficient (Wildman–Crippen LogP) is 4.56. The molecular weight excluding hydrogens is 356 g/mol. The van der Waals surface area contributed by atoms with Crippen LogP contribution in [0.1, 0.15) is 34.9 Å². The highest BCUT2D eigenvalue weighted by Crippen LogP contribution is 2.34. The van der Waals surface area contributed by atoms with Crippen molar-refractivity contribution in [3.8, 4) is 5.75 Å². The third-order valence-corrected chi connectivity index (χ3v) is 6.52. The SMILES string of the molecule is COc1ccc(CC(=O)N2CCC(c3nc4ccccc4s3)CC2)cc1C. The molecule has 0 bridgehead atoms. The maximum Gasteiger partial charge on any atom is 0.226 e. The van der Waals surface area contributed by atoms with E-state index in [0.29, 0.717) is 12.3 Å². The molecule has 1 amide bonds. The standard InChI is InChI=1S/C22H24N2O2S/c1-15-13-16(7-8-19(15)26-2)14-21(25)24-11-9-17(10-12-24)22-23-18-5-3-4-6-20(18)27-22/h3-8,13,17H,9-12,14H2,1-2H3. The molecule has 1 aliphatic heterocycles. The van der Waals surface area contributed by atoms with Crippen molar-refractivity contribution in [2.45, 2.75) is 32.1 Å². The number of likely N-dealkylation sites (tertiary alicyclic amines) is 1. The number of piperidine rings is 1. The fourth-order valence-corrected chi connectivity index (χ4v) is 4.91. The van der Waals surface area contributed by atoms with Gasteiger partial charge < -0.3 is 9.64 Å². The number of ether oxygens (including phenoxy) is 1. The summed E-state index contributed by atoms with van der Waals surface area (Å²) in [5.74, 6) is 1.54. The van der Waals surface area contributed by atoms with Gasteiger partial charge in [-0.3, -0.25) is 4.79 Å². The Morgan fingerprint density at radius 1 is 1.22 bits per heavy atom. The normalized spacial score (nSPS) is 15.3. The summed E-state index contributed by atoms with van der Waals surface area (Å²) in [6, 6.07) is 14.3. The van der Waals surface area contributed by atoms with Crippen LogP contribution < -0.4 is 4.74 Å². The van der Waals surface area contributed by atoms with E-state index in [1.54, 1.807) is 18.4 Å². The molecule has 1 aliphatic rings. The maximum atomic E-state index is 12.7. The second kappa shape index (κ2) is 7.69. The molecule has 0 radical (unpaired) electrons. The Morgan fingerprint density at radius 2 is 2.00 bits per heavy atom. The lowest BCUT2D eigenvalue weighted by Crippen LogP contribution is -2.38. The molecule has 1 aromatic heterocycles. The molecule has 0 aliphatic carbocycles. The Hall–Kier alpha value is -2.40. The zero-order valence-corrected chi connectivity index (χ0v) is 16.6. The highest BCUT2D eigenvalue weighted by molar-refractivity contribution is 7.18. The van der Waals surface area contributed by atoms with E-state index in [4.69, 9.17) is 9.72 Å². The van der Waals surface area contributed by atoms with Gasteiger partial charge in [0.2, 0.25) is 5.91 Å². The number of amides is 1. The Kier molecular flexibility index (Phi) is 5.12. The summed E-state index contributed by atoms with van der Waals surface area (Å²) >= 11 is 1.79. The third kappa shape index (κ3) is 3.83. The summed E-state index contributed by atoms with van der Waals surface area (Å²) in [4.78, 5) is 19.5. The number of carbonyl (C=O) groups is 1. The highest BCUT2D eigenvalue weighted by atomic mass is 32.1. The topological polar surface area (TPSA) is 42.4 Å². The highest BCUT2D eigenvalue weighted by Gasteiger charge is 2.26. The van der Waals surface area contributed by atoms with Crippen LogP contribution in [0.25, 0.3) is 10.2 Å². The number of thiazole rings is 1. The maximum absolute atomic E-state index is 12.7. The molecule has 2 heterocycles. The van der Waals surface area contributed by atoms with Crippen molar-refractivity contribution in [2.24, 2.45) is 0 Å². The van der Waals surface area contributed by atoms with Crippen molar-refractivity contribution in [1.82, 2.24) is 9.88 Å². The second-order valence-corrected chi connectivity index (χ2v) is 8.22. The van der Waals surface area contributed by atoms with Gasteiger partial charge >= 0.3 is 0 Å². The molecule has 4 rings (SSSR count). The molecule has 5 heteroatoms. The molecule has 0 N–H and O–H groups in total. The van der Waals surface area contributed by atoms with Gasteiger partial charge in [-0.2, -0.15) is 0 Å². The molecule has 4 nitrogen and oxygen atoms in total. The molecule has 0 saturated carbocycles. The average molecular weight is 381 g/mol. The van der Waals surface area contributed by atoms with Crippen LogP contribution in [-0.4, -0.2) is 36.0 Å². The minimum absolute atomic E-state index is 0.210. The number of aryl methyl sites for hydroxylation is 1.